The molecule has 39 heavy (non-hydrogen) atoms. The van der Waals surface area contributed by atoms with Crippen molar-refractivity contribution in [1.82, 2.24) is 19.8 Å². The Bertz CT molecular complexity index is 1500. The van der Waals surface area contributed by atoms with Crippen LogP contribution in [0.2, 0.25) is 0 Å². The van der Waals surface area contributed by atoms with Crippen molar-refractivity contribution in [3.63, 3.8) is 0 Å². The monoisotopic (exact) mass is 529 g/mol. The van der Waals surface area contributed by atoms with Crippen LogP contribution in [0.5, 0.6) is 0 Å². The molecule has 6 rings (SSSR count). The van der Waals surface area contributed by atoms with E-state index in [1.54, 1.807) is 23.2 Å². The lowest BCUT2D eigenvalue weighted by molar-refractivity contribution is 0.0785. The molecule has 0 bridgehead atoms. The van der Waals surface area contributed by atoms with Gasteiger partial charge in [-0.05, 0) is 62.4 Å². The number of likely N-dealkylation sites (tertiary alicyclic amines) is 1. The number of fused-ring (bicyclic) bond motifs is 3. The van der Waals surface area contributed by atoms with E-state index < -0.39 is 11.6 Å². The van der Waals surface area contributed by atoms with Gasteiger partial charge in [-0.1, -0.05) is 12.1 Å². The number of anilines is 2. The molecular formula is C29H29F2N7O. The Hall–Kier alpha value is -4.02. The smallest absolute Gasteiger partial charge is 0.253 e. The molecule has 0 radical (unpaired) electrons. The summed E-state index contributed by atoms with van der Waals surface area (Å²) >= 11 is 0. The lowest BCUT2D eigenvalue weighted by atomic mass is 9.94. The highest BCUT2D eigenvalue weighted by atomic mass is 19.1. The van der Waals surface area contributed by atoms with Gasteiger partial charge >= 0.3 is 0 Å². The van der Waals surface area contributed by atoms with Crippen LogP contribution in [0.4, 0.5) is 20.4 Å². The number of hydrogen-bond acceptors (Lipinski definition) is 7. The number of carbonyl (C=O) groups excluding carboxylic acids is 1. The molecule has 0 saturated carbocycles. The molecular weight excluding hydrogens is 500 g/mol. The second-order valence-electron chi connectivity index (χ2n) is 10.7. The number of likely N-dealkylation sites (N-methyl/N-ethyl adjacent to an activating group) is 1. The highest BCUT2D eigenvalue weighted by Crippen LogP contribution is 2.39. The predicted octanol–water partition coefficient (Wildman–Crippen LogP) is 3.98. The fourth-order valence-corrected chi connectivity index (χ4v) is 5.49. The predicted molar refractivity (Wildman–Crippen MR) is 145 cm³/mol. The summed E-state index contributed by atoms with van der Waals surface area (Å²) in [6.07, 6.45) is 4.43. The van der Waals surface area contributed by atoms with E-state index in [2.05, 4.69) is 20.2 Å². The zero-order valence-corrected chi connectivity index (χ0v) is 21.8. The minimum atomic E-state index is -0.647. The van der Waals surface area contributed by atoms with Gasteiger partial charge in [0.1, 0.15) is 11.6 Å². The third-order valence-corrected chi connectivity index (χ3v) is 7.55. The summed E-state index contributed by atoms with van der Waals surface area (Å²) in [7, 11) is 1.94. The maximum Gasteiger partial charge on any atom is 0.253 e. The molecule has 0 spiro atoms. The van der Waals surface area contributed by atoms with Crippen LogP contribution in [-0.4, -0.2) is 63.6 Å². The van der Waals surface area contributed by atoms with Crippen molar-refractivity contribution >= 4 is 23.3 Å². The first-order valence-corrected chi connectivity index (χ1v) is 12.9. The van der Waals surface area contributed by atoms with Crippen molar-refractivity contribution in [2.75, 3.05) is 32.0 Å². The zero-order chi connectivity index (χ0) is 27.3. The molecule has 1 saturated heterocycles. The van der Waals surface area contributed by atoms with Gasteiger partial charge < -0.3 is 16.0 Å². The Morgan fingerprint density at radius 3 is 2.59 bits per heavy atom. The highest BCUT2D eigenvalue weighted by molar-refractivity contribution is 6.14. The first-order valence-electron chi connectivity index (χ1n) is 12.9. The van der Waals surface area contributed by atoms with Gasteiger partial charge in [-0.3, -0.25) is 14.7 Å². The van der Waals surface area contributed by atoms with Crippen LogP contribution in [0, 0.1) is 11.6 Å². The van der Waals surface area contributed by atoms with Crippen LogP contribution >= 0.6 is 0 Å². The Morgan fingerprint density at radius 1 is 1.15 bits per heavy atom. The van der Waals surface area contributed by atoms with Crippen molar-refractivity contribution in [1.29, 1.82) is 0 Å². The molecule has 4 heterocycles. The van der Waals surface area contributed by atoms with Gasteiger partial charge in [0.05, 0.1) is 29.6 Å². The first kappa shape index (κ1) is 25.3. The van der Waals surface area contributed by atoms with Gasteiger partial charge in [-0.2, -0.15) is 0 Å². The van der Waals surface area contributed by atoms with Gasteiger partial charge in [0.25, 0.3) is 5.91 Å². The number of benzene rings is 2. The summed E-state index contributed by atoms with van der Waals surface area (Å²) in [5.41, 5.74) is 9.58. The zero-order valence-electron chi connectivity index (χ0n) is 21.8. The number of nitrogens with zero attached hydrogens (tertiary/aromatic N) is 5. The Balaban J connectivity index is 1.25. The highest BCUT2D eigenvalue weighted by Gasteiger charge is 2.36. The van der Waals surface area contributed by atoms with Crippen LogP contribution < -0.4 is 11.1 Å². The van der Waals surface area contributed by atoms with Crippen LogP contribution in [0.1, 0.15) is 46.6 Å². The van der Waals surface area contributed by atoms with Crippen molar-refractivity contribution in [3.05, 3.63) is 94.3 Å². The molecule has 0 aliphatic carbocycles. The van der Waals surface area contributed by atoms with E-state index in [0.29, 0.717) is 36.9 Å². The number of hydrogen-bond donors (Lipinski definition) is 2. The number of rotatable bonds is 4. The average molecular weight is 530 g/mol. The molecule has 8 nitrogen and oxygen atoms in total. The standard InChI is InChI=1S/C29H29F2N7O/c1-29(32)11-13-38(16-29)27(39)17-6-8-19(9-7-17)35-28-34-15-18-14-33-25(23-21(30)4-3-5-22(23)31)20-10-12-37(2)26(20)24(18)36-28/h3-10,15,26H,11-14,16,32H2,1-2H3,(H,34,35,36). The maximum absolute atomic E-state index is 14.7. The number of aliphatic imine (C=N–C) groups is 1. The van der Waals surface area contributed by atoms with Crippen molar-refractivity contribution in [3.8, 4) is 0 Å². The molecule has 10 heteroatoms. The van der Waals surface area contributed by atoms with E-state index in [-0.39, 0.29) is 29.6 Å². The van der Waals surface area contributed by atoms with Gasteiger partial charge in [0, 0.05) is 48.2 Å². The Labute approximate surface area is 225 Å². The third kappa shape index (κ3) is 4.70. The molecule has 2 aromatic carbocycles. The molecule has 3 aromatic rings. The molecule has 1 amide bonds. The maximum atomic E-state index is 14.7. The van der Waals surface area contributed by atoms with Gasteiger partial charge in [-0.15, -0.1) is 0 Å². The Kier molecular flexibility index (Phi) is 6.23. The van der Waals surface area contributed by atoms with Crippen LogP contribution in [0.25, 0.3) is 0 Å². The summed E-state index contributed by atoms with van der Waals surface area (Å²) in [5, 5.41) is 3.22. The molecule has 3 aliphatic rings. The van der Waals surface area contributed by atoms with Crippen LogP contribution in [0.15, 0.2) is 65.3 Å². The second kappa shape index (κ2) is 9.62. The van der Waals surface area contributed by atoms with Crippen molar-refractivity contribution in [2.45, 2.75) is 31.5 Å². The fourth-order valence-electron chi connectivity index (χ4n) is 5.49. The molecule has 3 N–H and O–H groups in total. The third-order valence-electron chi connectivity index (χ3n) is 7.55. The van der Waals surface area contributed by atoms with Gasteiger partial charge in [0.15, 0.2) is 0 Å². The summed E-state index contributed by atoms with van der Waals surface area (Å²) < 4.78 is 29.5. The van der Waals surface area contributed by atoms with Crippen LogP contribution in [0.3, 0.4) is 0 Å². The number of aromatic nitrogens is 2. The molecule has 2 atom stereocenters. The van der Waals surface area contributed by atoms with Crippen molar-refractivity contribution in [2.24, 2.45) is 10.7 Å². The number of carbonyl (C=O) groups is 1. The summed E-state index contributed by atoms with van der Waals surface area (Å²) in [5.74, 6) is -0.953. The summed E-state index contributed by atoms with van der Waals surface area (Å²) in [6.45, 7) is 3.94. The van der Waals surface area contributed by atoms with E-state index in [1.165, 1.54) is 18.2 Å². The van der Waals surface area contributed by atoms with Gasteiger partial charge in [0.2, 0.25) is 5.95 Å². The Morgan fingerprint density at radius 2 is 1.90 bits per heavy atom. The number of amides is 1. The number of halogens is 2. The van der Waals surface area contributed by atoms with E-state index in [4.69, 9.17) is 10.7 Å². The largest absolute Gasteiger partial charge is 0.337 e. The normalized spacial score (nSPS) is 22.6. The minimum absolute atomic E-state index is 0.0392. The summed E-state index contributed by atoms with van der Waals surface area (Å²) in [4.78, 5) is 30.6. The minimum Gasteiger partial charge on any atom is -0.337 e. The lowest BCUT2D eigenvalue weighted by Crippen LogP contribution is -2.40. The van der Waals surface area contributed by atoms with Crippen LogP contribution in [-0.2, 0) is 6.54 Å². The molecule has 200 valence electrons. The molecule has 2 unspecified atom stereocenters. The number of nitrogens with two attached hydrogens (primary N) is 1. The van der Waals surface area contributed by atoms with E-state index in [1.807, 2.05) is 32.2 Å². The summed E-state index contributed by atoms with van der Waals surface area (Å²) in [6, 6.07) is 10.7. The van der Waals surface area contributed by atoms with E-state index in [0.717, 1.165) is 28.9 Å². The molecule has 1 fully saturated rings. The van der Waals surface area contributed by atoms with E-state index in [9.17, 15) is 13.6 Å². The molecule has 1 aromatic heterocycles. The van der Waals surface area contributed by atoms with Gasteiger partial charge in [-0.25, -0.2) is 18.7 Å². The topological polar surface area (TPSA) is 99.7 Å². The first-order chi connectivity index (χ1) is 18.7. The molecule has 3 aliphatic heterocycles. The SMILES string of the molecule is CN1CC=C2C(c3c(F)cccc3F)=NCc3cnc(Nc4ccc(C(=O)N5CCC(C)(N)C5)cc4)nc3C21. The fraction of sp³-hybridized carbons (Fsp3) is 0.310. The second-order valence-corrected chi connectivity index (χ2v) is 10.7. The average Bonchev–Trinajstić information content (AvgIpc) is 3.42. The van der Waals surface area contributed by atoms with Crippen molar-refractivity contribution < 1.29 is 13.6 Å². The number of nitrogens with one attached hydrogen (secondary N) is 1. The quantitative estimate of drug-likeness (QED) is 0.531. The lowest BCUT2D eigenvalue weighted by Gasteiger charge is -2.24. The van der Waals surface area contributed by atoms with E-state index >= 15 is 0 Å².